The first-order valence-corrected chi connectivity index (χ1v) is 26.9. The van der Waals surface area contributed by atoms with Crippen molar-refractivity contribution in [2.75, 3.05) is 33.0 Å². The molecule has 2 aliphatic rings. The van der Waals surface area contributed by atoms with Gasteiger partial charge in [0.15, 0.2) is 12.6 Å². The number of rotatable bonds is 42. The summed E-state index contributed by atoms with van der Waals surface area (Å²) in [4.78, 5) is 13.0. The molecule has 0 saturated carbocycles. The summed E-state index contributed by atoms with van der Waals surface area (Å²) in [7, 11) is 0. The van der Waals surface area contributed by atoms with Crippen LogP contribution in [0.4, 0.5) is 0 Å². The molecular formula is C55H96O14. The Morgan fingerprint density at radius 3 is 1.49 bits per heavy atom. The third-order valence-corrected chi connectivity index (χ3v) is 12.5. The van der Waals surface area contributed by atoms with Crippen LogP contribution in [0.5, 0.6) is 0 Å². The number of hydrogen-bond donors (Lipinski definition) is 7. The van der Waals surface area contributed by atoms with Gasteiger partial charge < -0.3 is 64.2 Å². The van der Waals surface area contributed by atoms with E-state index in [2.05, 4.69) is 74.6 Å². The van der Waals surface area contributed by atoms with Crippen LogP contribution in [0.25, 0.3) is 0 Å². The maximum Gasteiger partial charge on any atom is 0.306 e. The smallest absolute Gasteiger partial charge is 0.306 e. The Bertz CT molecular complexity index is 1370. The summed E-state index contributed by atoms with van der Waals surface area (Å²) >= 11 is 0. The van der Waals surface area contributed by atoms with Crippen LogP contribution in [0.3, 0.4) is 0 Å². The number of unbranched alkanes of at least 4 members (excludes halogenated alkanes) is 18. The van der Waals surface area contributed by atoms with Gasteiger partial charge in [0.1, 0.15) is 54.9 Å². The molecule has 14 nitrogen and oxygen atoms in total. The highest BCUT2D eigenvalue weighted by molar-refractivity contribution is 5.69. The zero-order chi connectivity index (χ0) is 50.2. The molecule has 69 heavy (non-hydrogen) atoms. The predicted molar refractivity (Wildman–Crippen MR) is 270 cm³/mol. The fourth-order valence-electron chi connectivity index (χ4n) is 8.15. The second kappa shape index (κ2) is 42.2. The van der Waals surface area contributed by atoms with Crippen molar-refractivity contribution in [1.82, 2.24) is 0 Å². The van der Waals surface area contributed by atoms with Gasteiger partial charge in [-0.2, -0.15) is 0 Å². The van der Waals surface area contributed by atoms with Crippen LogP contribution in [0.2, 0.25) is 0 Å². The van der Waals surface area contributed by atoms with E-state index >= 15 is 0 Å². The van der Waals surface area contributed by atoms with E-state index in [1.165, 1.54) is 96.3 Å². The molecule has 0 bridgehead atoms. The van der Waals surface area contributed by atoms with Crippen molar-refractivity contribution in [2.24, 2.45) is 0 Å². The number of carbonyl (C=O) groups is 1. The van der Waals surface area contributed by atoms with Crippen molar-refractivity contribution in [3.8, 4) is 0 Å². The molecule has 2 aliphatic heterocycles. The maximum absolute atomic E-state index is 13.0. The molecule has 400 valence electrons. The maximum atomic E-state index is 13.0. The molecule has 11 atom stereocenters. The summed E-state index contributed by atoms with van der Waals surface area (Å²) in [5.41, 5.74) is 0. The lowest BCUT2D eigenvalue weighted by molar-refractivity contribution is -0.332. The Kier molecular flexibility index (Phi) is 38.4. The molecule has 2 saturated heterocycles. The van der Waals surface area contributed by atoms with Gasteiger partial charge in [-0.1, -0.05) is 158 Å². The largest absolute Gasteiger partial charge is 0.457 e. The molecule has 0 spiro atoms. The van der Waals surface area contributed by atoms with E-state index in [1.54, 1.807) is 0 Å². The molecule has 0 radical (unpaired) electrons. The Morgan fingerprint density at radius 2 is 0.942 bits per heavy atom. The van der Waals surface area contributed by atoms with Crippen molar-refractivity contribution < 1.29 is 69.0 Å². The summed E-state index contributed by atoms with van der Waals surface area (Å²) in [5, 5.41) is 72.2. The molecule has 2 heterocycles. The average molecular weight is 981 g/mol. The third kappa shape index (κ3) is 29.7. The van der Waals surface area contributed by atoms with Crippen molar-refractivity contribution in [3.05, 3.63) is 60.8 Å². The minimum atomic E-state index is -1.72. The first-order valence-electron chi connectivity index (χ1n) is 26.9. The standard InChI is InChI=1S/C55H96O14/c1-3-5-7-9-11-13-15-17-19-20-21-22-23-25-27-29-31-33-35-37-39-64-41-44(67-47(57)38-36-34-32-30-28-26-24-18-16-14-12-10-8-6-4-2)42-65-54-53(63)51(61)49(59)46(69-54)43-66-55-52(62)50(60)48(58)45(40-56)68-55/h6,8,12,14,17-19,24,28,30,44-46,48-56,58-63H,3-5,7,9-11,13,15-16,20-23,25-27,29,31-43H2,1-2H3/b8-6-,14-12-,19-17-,24-18-,30-28-. The molecule has 2 fully saturated rings. The summed E-state index contributed by atoms with van der Waals surface area (Å²) < 4.78 is 34.3. The van der Waals surface area contributed by atoms with Crippen LogP contribution in [0.1, 0.15) is 181 Å². The Morgan fingerprint density at radius 1 is 0.493 bits per heavy atom. The molecule has 0 aromatic carbocycles. The van der Waals surface area contributed by atoms with Gasteiger partial charge in [0.25, 0.3) is 0 Å². The van der Waals surface area contributed by atoms with Crippen LogP contribution in [0.15, 0.2) is 60.8 Å². The Labute approximate surface area is 415 Å². The summed E-state index contributed by atoms with van der Waals surface area (Å²) in [5.74, 6) is -0.417. The molecule has 0 aromatic heterocycles. The highest BCUT2D eigenvalue weighted by atomic mass is 16.7. The lowest BCUT2D eigenvalue weighted by Crippen LogP contribution is -2.61. The lowest BCUT2D eigenvalue weighted by Gasteiger charge is -2.42. The minimum Gasteiger partial charge on any atom is -0.457 e. The third-order valence-electron chi connectivity index (χ3n) is 12.5. The number of carbonyl (C=O) groups excluding carboxylic acids is 1. The zero-order valence-electron chi connectivity index (χ0n) is 42.5. The number of hydrogen-bond acceptors (Lipinski definition) is 14. The highest BCUT2D eigenvalue weighted by Crippen LogP contribution is 2.26. The van der Waals surface area contributed by atoms with Gasteiger partial charge in [-0.05, 0) is 77.0 Å². The molecule has 14 heteroatoms. The van der Waals surface area contributed by atoms with Crippen molar-refractivity contribution >= 4 is 5.97 Å². The van der Waals surface area contributed by atoms with Gasteiger partial charge in [-0.3, -0.25) is 4.79 Å². The molecule has 0 amide bonds. The van der Waals surface area contributed by atoms with Gasteiger partial charge >= 0.3 is 5.97 Å². The average Bonchev–Trinajstić information content (AvgIpc) is 3.35. The first kappa shape index (κ1) is 62.8. The van der Waals surface area contributed by atoms with Gasteiger partial charge in [0, 0.05) is 13.0 Å². The molecule has 7 N–H and O–H groups in total. The summed E-state index contributed by atoms with van der Waals surface area (Å²) in [6.45, 7) is 3.51. The Hall–Kier alpha value is -2.31. The SMILES string of the molecule is CC/C=C\C/C=C\C/C=C\C/C=C\CCCCC(=O)OC(COCCCCCCCCCCCC/C=C\CCCCCCCC)COC1OC(COC2OC(CO)C(O)C(O)C2O)C(O)C(O)C1O. The second-order valence-electron chi connectivity index (χ2n) is 18.7. The van der Waals surface area contributed by atoms with E-state index in [0.29, 0.717) is 13.0 Å². The quantitative estimate of drug-likeness (QED) is 0.0174. The van der Waals surface area contributed by atoms with Crippen LogP contribution in [-0.4, -0.2) is 142 Å². The van der Waals surface area contributed by atoms with Crippen molar-refractivity contribution in [3.63, 3.8) is 0 Å². The molecule has 2 rings (SSSR count). The molecular weight excluding hydrogens is 885 g/mol. The van der Waals surface area contributed by atoms with Crippen LogP contribution < -0.4 is 0 Å². The van der Waals surface area contributed by atoms with Crippen LogP contribution in [-0.2, 0) is 33.2 Å². The number of ether oxygens (including phenoxy) is 6. The monoisotopic (exact) mass is 981 g/mol. The van der Waals surface area contributed by atoms with E-state index in [9.17, 15) is 40.5 Å². The first-order chi connectivity index (χ1) is 33.6. The van der Waals surface area contributed by atoms with Gasteiger partial charge in [0.2, 0.25) is 0 Å². The number of aliphatic hydroxyl groups excluding tert-OH is 7. The van der Waals surface area contributed by atoms with E-state index in [0.717, 1.165) is 57.8 Å². The molecule has 0 aromatic rings. The highest BCUT2D eigenvalue weighted by Gasteiger charge is 2.47. The minimum absolute atomic E-state index is 0.0419. The van der Waals surface area contributed by atoms with Crippen molar-refractivity contribution in [1.29, 1.82) is 0 Å². The number of allylic oxidation sites excluding steroid dienone is 10. The summed E-state index contributed by atoms with van der Waals surface area (Å²) in [6.07, 6.45) is 34.3. The van der Waals surface area contributed by atoms with E-state index in [4.69, 9.17) is 28.4 Å². The van der Waals surface area contributed by atoms with Crippen LogP contribution in [0, 0.1) is 0 Å². The van der Waals surface area contributed by atoms with E-state index in [-0.39, 0.29) is 19.6 Å². The lowest BCUT2D eigenvalue weighted by atomic mass is 9.98. The van der Waals surface area contributed by atoms with E-state index in [1.807, 2.05) is 0 Å². The molecule has 0 aliphatic carbocycles. The van der Waals surface area contributed by atoms with Crippen molar-refractivity contribution in [2.45, 2.75) is 248 Å². The fourth-order valence-corrected chi connectivity index (χ4v) is 8.15. The zero-order valence-corrected chi connectivity index (χ0v) is 42.5. The van der Waals surface area contributed by atoms with Gasteiger partial charge in [-0.25, -0.2) is 0 Å². The predicted octanol–water partition coefficient (Wildman–Crippen LogP) is 8.52. The Balaban J connectivity index is 1.76. The number of esters is 1. The number of aliphatic hydroxyl groups is 7. The van der Waals surface area contributed by atoms with Gasteiger partial charge in [0.05, 0.1) is 26.4 Å². The summed E-state index contributed by atoms with van der Waals surface area (Å²) in [6, 6.07) is 0. The molecule has 11 unspecified atom stereocenters. The second-order valence-corrected chi connectivity index (χ2v) is 18.7. The van der Waals surface area contributed by atoms with Crippen LogP contribution >= 0.6 is 0 Å². The van der Waals surface area contributed by atoms with Gasteiger partial charge in [-0.15, -0.1) is 0 Å². The fraction of sp³-hybridized carbons (Fsp3) is 0.800. The topological polar surface area (TPSA) is 214 Å². The van der Waals surface area contributed by atoms with E-state index < -0.39 is 86.7 Å². The normalized spacial score (nSPS) is 26.2.